The zero-order valence-corrected chi connectivity index (χ0v) is 20.1. The maximum atomic E-state index is 5.01. The molecule has 3 aromatic carbocycles. The average Bonchev–Trinajstić information content (AvgIpc) is 2.76. The summed E-state index contributed by atoms with van der Waals surface area (Å²) < 4.78 is 0. The molecule has 1 heterocycles. The van der Waals surface area contributed by atoms with Gasteiger partial charge in [-0.2, -0.15) is 0 Å². The molecule has 0 atom stereocenters. The van der Waals surface area contributed by atoms with E-state index in [-0.39, 0.29) is 10.8 Å². The first-order valence-electron chi connectivity index (χ1n) is 11.4. The summed E-state index contributed by atoms with van der Waals surface area (Å²) in [4.78, 5) is 5.01. The maximum Gasteiger partial charge on any atom is 0.0715 e. The Morgan fingerprint density at radius 1 is 0.625 bits per heavy atom. The van der Waals surface area contributed by atoms with Crippen molar-refractivity contribution < 1.29 is 0 Å². The highest BCUT2D eigenvalue weighted by atomic mass is 14.7. The van der Waals surface area contributed by atoms with Crippen LogP contribution in [0.1, 0.15) is 69.5 Å². The summed E-state index contributed by atoms with van der Waals surface area (Å²) in [5.41, 5.74) is 8.47. The Bertz CT molecular complexity index is 1250. The van der Waals surface area contributed by atoms with Crippen LogP contribution in [0.2, 0.25) is 0 Å². The van der Waals surface area contributed by atoms with Crippen LogP contribution in [0.3, 0.4) is 0 Å². The first kappa shape index (κ1) is 22.0. The SMILES string of the molecule is CC(C)(C)c1ccc(C=C(c2ccc(C(C)(C)C)cc2)c2ccc3ccccc3n2)cc1. The van der Waals surface area contributed by atoms with E-state index < -0.39 is 0 Å². The Balaban J connectivity index is 1.83. The summed E-state index contributed by atoms with van der Waals surface area (Å²) in [6.07, 6.45) is 2.26. The van der Waals surface area contributed by atoms with Gasteiger partial charge < -0.3 is 0 Å². The largest absolute Gasteiger partial charge is 0.248 e. The minimum Gasteiger partial charge on any atom is -0.248 e. The fraction of sp³-hybridized carbons (Fsp3) is 0.258. The number of pyridine rings is 1. The van der Waals surface area contributed by atoms with Crippen molar-refractivity contribution in [2.75, 3.05) is 0 Å². The highest BCUT2D eigenvalue weighted by Gasteiger charge is 2.16. The zero-order chi connectivity index (χ0) is 22.9. The number of hydrogen-bond acceptors (Lipinski definition) is 1. The molecule has 0 aliphatic rings. The van der Waals surface area contributed by atoms with E-state index in [9.17, 15) is 0 Å². The second kappa shape index (κ2) is 8.39. The molecule has 32 heavy (non-hydrogen) atoms. The van der Waals surface area contributed by atoms with Crippen molar-refractivity contribution in [3.05, 3.63) is 113 Å². The molecule has 1 nitrogen and oxygen atoms in total. The molecule has 0 unspecified atom stereocenters. The lowest BCUT2D eigenvalue weighted by Gasteiger charge is -2.20. The van der Waals surface area contributed by atoms with Crippen LogP contribution in [-0.2, 0) is 10.8 Å². The molecule has 0 aliphatic heterocycles. The summed E-state index contributed by atoms with van der Waals surface area (Å²) >= 11 is 0. The molecule has 0 bridgehead atoms. The molecule has 0 spiro atoms. The lowest BCUT2D eigenvalue weighted by Crippen LogP contribution is -2.10. The van der Waals surface area contributed by atoms with Crippen LogP contribution >= 0.6 is 0 Å². The Labute approximate surface area is 192 Å². The van der Waals surface area contributed by atoms with Gasteiger partial charge in [-0.05, 0) is 51.3 Å². The third kappa shape index (κ3) is 4.83. The number of rotatable bonds is 3. The van der Waals surface area contributed by atoms with E-state index >= 15 is 0 Å². The van der Waals surface area contributed by atoms with Crippen molar-refractivity contribution in [1.82, 2.24) is 4.98 Å². The van der Waals surface area contributed by atoms with Gasteiger partial charge >= 0.3 is 0 Å². The molecule has 0 fully saturated rings. The van der Waals surface area contributed by atoms with Crippen molar-refractivity contribution in [2.24, 2.45) is 0 Å². The van der Waals surface area contributed by atoms with Crippen LogP contribution in [0, 0.1) is 0 Å². The first-order chi connectivity index (χ1) is 15.1. The van der Waals surface area contributed by atoms with Crippen LogP contribution in [-0.4, -0.2) is 4.98 Å². The van der Waals surface area contributed by atoms with Crippen LogP contribution in [0.15, 0.2) is 84.9 Å². The number of para-hydroxylation sites is 1. The lowest BCUT2D eigenvalue weighted by molar-refractivity contribution is 0.590. The number of fused-ring (bicyclic) bond motifs is 1. The Morgan fingerprint density at radius 2 is 1.19 bits per heavy atom. The molecule has 4 rings (SSSR count). The van der Waals surface area contributed by atoms with Crippen molar-refractivity contribution in [1.29, 1.82) is 0 Å². The Hall–Kier alpha value is -3.19. The van der Waals surface area contributed by atoms with E-state index in [0.29, 0.717) is 0 Å². The van der Waals surface area contributed by atoms with Crippen LogP contribution < -0.4 is 0 Å². The molecule has 1 aromatic heterocycles. The molecule has 0 radical (unpaired) electrons. The van der Waals surface area contributed by atoms with Crippen LogP contribution in [0.25, 0.3) is 22.6 Å². The molecule has 0 amide bonds. The molecule has 1 heteroatoms. The second-order valence-electron chi connectivity index (χ2n) is 10.6. The standard InChI is InChI=1S/C31H33N/c1-30(2,3)25-16-11-22(12-17-25)21-27(23-13-18-26(19-14-23)31(4,5)6)29-20-15-24-9-7-8-10-28(24)32-29/h7-21H,1-6H3. The van der Waals surface area contributed by atoms with Crippen molar-refractivity contribution in [2.45, 2.75) is 52.4 Å². The minimum atomic E-state index is 0.131. The summed E-state index contributed by atoms with van der Waals surface area (Å²) in [5.74, 6) is 0. The van der Waals surface area contributed by atoms with Gasteiger partial charge in [0.2, 0.25) is 0 Å². The van der Waals surface area contributed by atoms with Gasteiger partial charge in [0.05, 0.1) is 11.2 Å². The fourth-order valence-corrected chi connectivity index (χ4v) is 3.92. The van der Waals surface area contributed by atoms with E-state index in [1.807, 2.05) is 6.07 Å². The monoisotopic (exact) mass is 419 g/mol. The number of benzene rings is 3. The number of aromatic nitrogens is 1. The average molecular weight is 420 g/mol. The van der Waals surface area contributed by atoms with Crippen LogP contribution in [0.5, 0.6) is 0 Å². The van der Waals surface area contributed by atoms with Crippen molar-refractivity contribution in [3.63, 3.8) is 0 Å². The number of hydrogen-bond donors (Lipinski definition) is 0. The predicted octanol–water partition coefficient (Wildman–Crippen LogP) is 8.42. The highest BCUT2D eigenvalue weighted by molar-refractivity contribution is 5.92. The molecule has 0 saturated carbocycles. The topological polar surface area (TPSA) is 12.9 Å². The third-order valence-corrected chi connectivity index (χ3v) is 6.02. The molecule has 0 aliphatic carbocycles. The molecule has 0 N–H and O–H groups in total. The van der Waals surface area contributed by atoms with Crippen LogP contribution in [0.4, 0.5) is 0 Å². The summed E-state index contributed by atoms with van der Waals surface area (Å²) in [6.45, 7) is 13.5. The minimum absolute atomic E-state index is 0.131. The normalized spacial score (nSPS) is 12.9. The lowest BCUT2D eigenvalue weighted by atomic mass is 9.85. The zero-order valence-electron chi connectivity index (χ0n) is 20.1. The maximum absolute atomic E-state index is 5.01. The van der Waals surface area contributed by atoms with Gasteiger partial charge in [0.15, 0.2) is 0 Å². The van der Waals surface area contributed by atoms with E-state index in [0.717, 1.165) is 22.2 Å². The summed E-state index contributed by atoms with van der Waals surface area (Å²) in [5, 5.41) is 1.16. The predicted molar refractivity (Wildman–Crippen MR) is 139 cm³/mol. The van der Waals surface area contributed by atoms with E-state index in [1.165, 1.54) is 22.3 Å². The van der Waals surface area contributed by atoms with Crippen molar-refractivity contribution in [3.8, 4) is 0 Å². The van der Waals surface area contributed by atoms with E-state index in [1.54, 1.807) is 0 Å². The third-order valence-electron chi connectivity index (χ3n) is 6.02. The molecular formula is C31H33N. The molecule has 4 aromatic rings. The number of nitrogens with zero attached hydrogens (tertiary/aromatic N) is 1. The Morgan fingerprint density at radius 3 is 1.78 bits per heavy atom. The molecule has 162 valence electrons. The first-order valence-corrected chi connectivity index (χ1v) is 11.4. The highest BCUT2D eigenvalue weighted by Crippen LogP contribution is 2.30. The molecule has 0 saturated heterocycles. The summed E-state index contributed by atoms with van der Waals surface area (Å²) in [7, 11) is 0. The van der Waals surface area contributed by atoms with Gasteiger partial charge in [-0.25, -0.2) is 4.98 Å². The van der Waals surface area contributed by atoms with Gasteiger partial charge in [0.1, 0.15) is 0 Å². The van der Waals surface area contributed by atoms with Gasteiger partial charge in [-0.3, -0.25) is 0 Å². The van der Waals surface area contributed by atoms with E-state index in [2.05, 4.69) is 126 Å². The van der Waals surface area contributed by atoms with E-state index in [4.69, 9.17) is 4.98 Å². The van der Waals surface area contributed by atoms with Gasteiger partial charge in [-0.15, -0.1) is 0 Å². The van der Waals surface area contributed by atoms with Gasteiger partial charge in [0.25, 0.3) is 0 Å². The van der Waals surface area contributed by atoms with Crippen molar-refractivity contribution >= 4 is 22.6 Å². The van der Waals surface area contributed by atoms with Gasteiger partial charge in [-0.1, -0.05) is 114 Å². The Kier molecular flexibility index (Phi) is 5.77. The second-order valence-corrected chi connectivity index (χ2v) is 10.6. The fourth-order valence-electron chi connectivity index (χ4n) is 3.92. The molecular weight excluding hydrogens is 386 g/mol. The quantitative estimate of drug-likeness (QED) is 0.304. The smallest absolute Gasteiger partial charge is 0.0715 e. The summed E-state index contributed by atoms with van der Waals surface area (Å²) in [6, 6.07) is 30.4. The van der Waals surface area contributed by atoms with Gasteiger partial charge in [0, 0.05) is 11.0 Å².